The van der Waals surface area contributed by atoms with Crippen molar-refractivity contribution in [2.24, 2.45) is 0 Å². The van der Waals surface area contributed by atoms with Crippen LogP contribution in [0.2, 0.25) is 0 Å². The molecule has 1 amide bonds. The van der Waals surface area contributed by atoms with Gasteiger partial charge in [0.2, 0.25) is 5.91 Å². The van der Waals surface area contributed by atoms with Gasteiger partial charge in [-0.1, -0.05) is 6.92 Å². The summed E-state index contributed by atoms with van der Waals surface area (Å²) in [5, 5.41) is 3.30. The quantitative estimate of drug-likeness (QED) is 0.815. The summed E-state index contributed by atoms with van der Waals surface area (Å²) in [6.45, 7) is 6.31. The van der Waals surface area contributed by atoms with Crippen molar-refractivity contribution in [3.8, 4) is 11.4 Å². The van der Waals surface area contributed by atoms with Gasteiger partial charge in [0, 0.05) is 48.3 Å². The number of amides is 1. The number of aryl methyl sites for hydroxylation is 1. The summed E-state index contributed by atoms with van der Waals surface area (Å²) >= 11 is 0. The SMILES string of the molecule is CCCN(C(=O)Cc1c(C)nc(-c2ccncc2)[nH]c1=O)C1CCNC1. The molecule has 7 nitrogen and oxygen atoms in total. The molecule has 1 aliphatic heterocycles. The van der Waals surface area contributed by atoms with Crippen LogP contribution in [0.15, 0.2) is 29.3 Å². The summed E-state index contributed by atoms with van der Waals surface area (Å²) in [5.41, 5.74) is 1.58. The minimum absolute atomic E-state index is 0.00684. The molecule has 0 aliphatic carbocycles. The van der Waals surface area contributed by atoms with E-state index >= 15 is 0 Å². The van der Waals surface area contributed by atoms with Gasteiger partial charge in [0.15, 0.2) is 0 Å². The molecule has 1 atom stereocenters. The van der Waals surface area contributed by atoms with E-state index in [0.717, 1.165) is 31.5 Å². The molecule has 2 N–H and O–H groups in total. The van der Waals surface area contributed by atoms with Crippen LogP contribution in [0.3, 0.4) is 0 Å². The van der Waals surface area contributed by atoms with E-state index < -0.39 is 0 Å². The van der Waals surface area contributed by atoms with Crippen LogP contribution in [0.5, 0.6) is 0 Å². The van der Waals surface area contributed by atoms with Crippen LogP contribution in [-0.2, 0) is 11.2 Å². The maximum Gasteiger partial charge on any atom is 0.255 e. The molecule has 3 heterocycles. The van der Waals surface area contributed by atoms with Gasteiger partial charge in [-0.2, -0.15) is 0 Å². The van der Waals surface area contributed by atoms with E-state index in [4.69, 9.17) is 0 Å². The average molecular weight is 355 g/mol. The van der Waals surface area contributed by atoms with E-state index in [1.807, 2.05) is 4.90 Å². The molecule has 2 aromatic heterocycles. The Balaban J connectivity index is 1.82. The number of aromatic amines is 1. The molecule has 0 saturated carbocycles. The molecule has 0 spiro atoms. The molecule has 1 unspecified atom stereocenters. The van der Waals surface area contributed by atoms with Crippen molar-refractivity contribution in [3.63, 3.8) is 0 Å². The number of rotatable bonds is 6. The average Bonchev–Trinajstić information content (AvgIpc) is 3.17. The van der Waals surface area contributed by atoms with Gasteiger partial charge in [0.05, 0.1) is 6.42 Å². The fourth-order valence-corrected chi connectivity index (χ4v) is 3.38. The zero-order valence-electron chi connectivity index (χ0n) is 15.3. The van der Waals surface area contributed by atoms with E-state index in [-0.39, 0.29) is 23.9 Å². The highest BCUT2D eigenvalue weighted by atomic mass is 16.2. The van der Waals surface area contributed by atoms with Crippen molar-refractivity contribution in [2.75, 3.05) is 19.6 Å². The van der Waals surface area contributed by atoms with Crippen molar-refractivity contribution in [3.05, 3.63) is 46.1 Å². The smallest absolute Gasteiger partial charge is 0.255 e. The molecule has 1 aliphatic rings. The van der Waals surface area contributed by atoms with E-state index in [0.29, 0.717) is 23.6 Å². The van der Waals surface area contributed by atoms with E-state index in [2.05, 4.69) is 27.2 Å². The standard InChI is InChI=1S/C19H25N5O2/c1-3-10-24(15-6-9-21-12-15)17(25)11-16-13(2)22-18(23-19(16)26)14-4-7-20-8-5-14/h4-5,7-8,15,21H,3,6,9-12H2,1-2H3,(H,22,23,26). The second kappa shape index (κ2) is 8.23. The third-order valence-corrected chi connectivity index (χ3v) is 4.76. The number of H-pyrrole nitrogens is 1. The van der Waals surface area contributed by atoms with Gasteiger partial charge in [-0.05, 0) is 38.4 Å². The normalized spacial score (nSPS) is 16.6. The minimum Gasteiger partial charge on any atom is -0.338 e. The highest BCUT2D eigenvalue weighted by Crippen LogP contribution is 2.15. The number of nitrogens with zero attached hydrogens (tertiary/aromatic N) is 3. The Bertz CT molecular complexity index is 812. The first kappa shape index (κ1) is 18.3. The topological polar surface area (TPSA) is 91.0 Å². The number of carbonyl (C=O) groups is 1. The first-order chi connectivity index (χ1) is 12.6. The number of aromatic nitrogens is 3. The summed E-state index contributed by atoms with van der Waals surface area (Å²) in [5.74, 6) is 0.490. The number of carbonyl (C=O) groups excluding carboxylic acids is 1. The predicted octanol–water partition coefficient (Wildman–Crippen LogP) is 1.28. The van der Waals surface area contributed by atoms with Crippen LogP contribution in [0, 0.1) is 6.92 Å². The summed E-state index contributed by atoms with van der Waals surface area (Å²) in [6, 6.07) is 3.79. The number of nitrogens with one attached hydrogen (secondary N) is 2. The molecule has 138 valence electrons. The maximum atomic E-state index is 12.9. The van der Waals surface area contributed by atoms with Crippen LogP contribution in [-0.4, -0.2) is 51.4 Å². The number of hydrogen-bond donors (Lipinski definition) is 2. The monoisotopic (exact) mass is 355 g/mol. The molecule has 3 rings (SSSR count). The lowest BCUT2D eigenvalue weighted by molar-refractivity contribution is -0.132. The Morgan fingerprint density at radius 3 is 2.73 bits per heavy atom. The summed E-state index contributed by atoms with van der Waals surface area (Å²) < 4.78 is 0. The van der Waals surface area contributed by atoms with Gasteiger partial charge in [-0.3, -0.25) is 14.6 Å². The lowest BCUT2D eigenvalue weighted by Gasteiger charge is -2.28. The van der Waals surface area contributed by atoms with Crippen molar-refractivity contribution >= 4 is 5.91 Å². The fourth-order valence-electron chi connectivity index (χ4n) is 3.38. The summed E-state index contributed by atoms with van der Waals surface area (Å²) in [6.07, 6.45) is 5.25. The van der Waals surface area contributed by atoms with Gasteiger partial charge < -0.3 is 15.2 Å². The van der Waals surface area contributed by atoms with Crippen molar-refractivity contribution in [2.45, 2.75) is 39.2 Å². The zero-order valence-corrected chi connectivity index (χ0v) is 15.3. The lowest BCUT2D eigenvalue weighted by atomic mass is 10.1. The van der Waals surface area contributed by atoms with E-state index in [1.54, 1.807) is 31.5 Å². The van der Waals surface area contributed by atoms with Crippen LogP contribution in [0.1, 0.15) is 31.0 Å². The van der Waals surface area contributed by atoms with Gasteiger partial charge in [-0.25, -0.2) is 4.98 Å². The Labute approximate surface area is 152 Å². The van der Waals surface area contributed by atoms with Crippen LogP contribution in [0.4, 0.5) is 0 Å². The summed E-state index contributed by atoms with van der Waals surface area (Å²) in [4.78, 5) is 38.6. The van der Waals surface area contributed by atoms with Crippen LogP contribution in [0.25, 0.3) is 11.4 Å². The second-order valence-corrected chi connectivity index (χ2v) is 6.62. The first-order valence-electron chi connectivity index (χ1n) is 9.10. The van der Waals surface area contributed by atoms with Crippen LogP contribution < -0.4 is 10.9 Å². The molecule has 0 bridgehead atoms. The molecule has 0 radical (unpaired) electrons. The lowest BCUT2D eigenvalue weighted by Crippen LogP contribution is -2.43. The third-order valence-electron chi connectivity index (χ3n) is 4.76. The molecular weight excluding hydrogens is 330 g/mol. The van der Waals surface area contributed by atoms with Crippen molar-refractivity contribution < 1.29 is 4.79 Å². The highest BCUT2D eigenvalue weighted by molar-refractivity contribution is 5.79. The van der Waals surface area contributed by atoms with E-state index in [1.165, 1.54) is 0 Å². The molecule has 2 aromatic rings. The largest absolute Gasteiger partial charge is 0.338 e. The first-order valence-corrected chi connectivity index (χ1v) is 9.10. The molecule has 1 saturated heterocycles. The Kier molecular flexibility index (Phi) is 5.78. The molecule has 7 heteroatoms. The number of hydrogen-bond acceptors (Lipinski definition) is 5. The molecule has 0 aromatic carbocycles. The highest BCUT2D eigenvalue weighted by Gasteiger charge is 2.27. The zero-order chi connectivity index (χ0) is 18.5. The van der Waals surface area contributed by atoms with Gasteiger partial charge in [0.1, 0.15) is 5.82 Å². The van der Waals surface area contributed by atoms with Crippen molar-refractivity contribution in [1.82, 2.24) is 25.2 Å². The number of pyridine rings is 1. The van der Waals surface area contributed by atoms with Gasteiger partial charge in [-0.15, -0.1) is 0 Å². The molecule has 1 fully saturated rings. The Hall–Kier alpha value is -2.54. The van der Waals surface area contributed by atoms with Crippen molar-refractivity contribution in [1.29, 1.82) is 0 Å². The Morgan fingerprint density at radius 2 is 2.12 bits per heavy atom. The van der Waals surface area contributed by atoms with Gasteiger partial charge >= 0.3 is 0 Å². The minimum atomic E-state index is -0.251. The summed E-state index contributed by atoms with van der Waals surface area (Å²) in [7, 11) is 0. The second-order valence-electron chi connectivity index (χ2n) is 6.62. The van der Waals surface area contributed by atoms with E-state index in [9.17, 15) is 9.59 Å². The fraction of sp³-hybridized carbons (Fsp3) is 0.474. The predicted molar refractivity (Wildman–Crippen MR) is 99.8 cm³/mol. The van der Waals surface area contributed by atoms with Crippen LogP contribution >= 0.6 is 0 Å². The molecular formula is C19H25N5O2. The molecule has 26 heavy (non-hydrogen) atoms. The third kappa shape index (κ3) is 3.99. The Morgan fingerprint density at radius 1 is 1.35 bits per heavy atom. The van der Waals surface area contributed by atoms with Gasteiger partial charge in [0.25, 0.3) is 5.56 Å². The maximum absolute atomic E-state index is 12.9.